The van der Waals surface area contributed by atoms with Crippen LogP contribution in [-0.4, -0.2) is 35.7 Å². The van der Waals surface area contributed by atoms with E-state index in [-0.39, 0.29) is 30.7 Å². The Morgan fingerprint density at radius 1 is 1.50 bits per heavy atom. The largest absolute Gasteiger partial charge is 0.508 e. The number of amides is 1. The normalized spacial score (nSPS) is 15.9. The van der Waals surface area contributed by atoms with E-state index in [0.717, 1.165) is 5.56 Å². The van der Waals surface area contributed by atoms with Gasteiger partial charge in [0, 0.05) is 19.0 Å². The SMILES string of the molecule is O=C(Cc1cccc(O)c1)N1CC(CF)C1. The maximum atomic E-state index is 12.2. The number of likely N-dealkylation sites (tertiary alicyclic amines) is 1. The molecule has 0 spiro atoms. The number of phenols is 1. The van der Waals surface area contributed by atoms with Gasteiger partial charge in [-0.05, 0) is 17.7 Å². The van der Waals surface area contributed by atoms with Crippen LogP contribution < -0.4 is 0 Å². The van der Waals surface area contributed by atoms with Crippen LogP contribution in [0.25, 0.3) is 0 Å². The highest BCUT2D eigenvalue weighted by atomic mass is 19.1. The molecule has 1 fully saturated rings. The molecular weight excluding hydrogens is 209 g/mol. The first-order valence-electron chi connectivity index (χ1n) is 5.30. The van der Waals surface area contributed by atoms with E-state index in [2.05, 4.69) is 0 Å². The van der Waals surface area contributed by atoms with Crippen LogP contribution in [0.5, 0.6) is 5.75 Å². The summed E-state index contributed by atoms with van der Waals surface area (Å²) in [7, 11) is 0. The molecule has 1 N–H and O–H groups in total. The summed E-state index contributed by atoms with van der Waals surface area (Å²) in [5.41, 5.74) is 0.786. The molecule has 4 heteroatoms. The van der Waals surface area contributed by atoms with E-state index in [1.165, 1.54) is 0 Å². The summed E-state index contributed by atoms with van der Waals surface area (Å²) in [4.78, 5) is 13.3. The van der Waals surface area contributed by atoms with Crippen molar-refractivity contribution in [3.8, 4) is 5.75 Å². The van der Waals surface area contributed by atoms with Crippen LogP contribution in [0.1, 0.15) is 5.56 Å². The van der Waals surface area contributed by atoms with Crippen LogP contribution in [-0.2, 0) is 11.2 Å². The summed E-state index contributed by atoms with van der Waals surface area (Å²) >= 11 is 0. The van der Waals surface area contributed by atoms with Crippen molar-refractivity contribution in [1.82, 2.24) is 4.90 Å². The highest BCUT2D eigenvalue weighted by Crippen LogP contribution is 2.18. The highest BCUT2D eigenvalue weighted by molar-refractivity contribution is 5.79. The zero-order chi connectivity index (χ0) is 11.5. The van der Waals surface area contributed by atoms with Gasteiger partial charge in [0.2, 0.25) is 5.91 Å². The van der Waals surface area contributed by atoms with Gasteiger partial charge in [0.25, 0.3) is 0 Å². The minimum Gasteiger partial charge on any atom is -0.508 e. The molecule has 1 heterocycles. The highest BCUT2D eigenvalue weighted by Gasteiger charge is 2.30. The molecule has 0 atom stereocenters. The Morgan fingerprint density at radius 3 is 2.88 bits per heavy atom. The first kappa shape index (κ1) is 10.9. The molecule has 1 aromatic carbocycles. The first-order chi connectivity index (χ1) is 7.69. The molecular formula is C12H14FNO2. The Bertz CT molecular complexity index is 388. The van der Waals surface area contributed by atoms with Gasteiger partial charge in [0.05, 0.1) is 13.1 Å². The summed E-state index contributed by atoms with van der Waals surface area (Å²) in [6.07, 6.45) is 0.271. The summed E-state index contributed by atoms with van der Waals surface area (Å²) in [6, 6.07) is 6.64. The lowest BCUT2D eigenvalue weighted by atomic mass is 10.0. The molecule has 0 radical (unpaired) electrons. The van der Waals surface area contributed by atoms with E-state index >= 15 is 0 Å². The zero-order valence-electron chi connectivity index (χ0n) is 8.90. The number of hydrogen-bond acceptors (Lipinski definition) is 2. The fourth-order valence-corrected chi connectivity index (χ4v) is 1.82. The van der Waals surface area contributed by atoms with Gasteiger partial charge in [-0.25, -0.2) is 0 Å². The monoisotopic (exact) mass is 223 g/mol. The van der Waals surface area contributed by atoms with E-state index in [4.69, 9.17) is 0 Å². The Labute approximate surface area is 93.5 Å². The Kier molecular flexibility index (Phi) is 3.08. The van der Waals surface area contributed by atoms with Gasteiger partial charge in [-0.15, -0.1) is 0 Å². The molecule has 1 aliphatic heterocycles. The third-order valence-corrected chi connectivity index (χ3v) is 2.79. The lowest BCUT2D eigenvalue weighted by Gasteiger charge is -2.37. The predicted octanol–water partition coefficient (Wildman–Crippen LogP) is 1.36. The van der Waals surface area contributed by atoms with Gasteiger partial charge in [-0.3, -0.25) is 9.18 Å². The zero-order valence-corrected chi connectivity index (χ0v) is 8.90. The lowest BCUT2D eigenvalue weighted by Crippen LogP contribution is -2.51. The Balaban J connectivity index is 1.89. The average Bonchev–Trinajstić information content (AvgIpc) is 2.15. The van der Waals surface area contributed by atoms with E-state index in [1.807, 2.05) is 0 Å². The molecule has 3 nitrogen and oxygen atoms in total. The average molecular weight is 223 g/mol. The van der Waals surface area contributed by atoms with E-state index in [0.29, 0.717) is 13.1 Å². The molecule has 1 aliphatic rings. The van der Waals surface area contributed by atoms with Gasteiger partial charge < -0.3 is 10.0 Å². The second-order valence-corrected chi connectivity index (χ2v) is 4.17. The van der Waals surface area contributed by atoms with Crippen molar-refractivity contribution in [3.63, 3.8) is 0 Å². The first-order valence-corrected chi connectivity index (χ1v) is 5.30. The molecule has 0 aromatic heterocycles. The minimum absolute atomic E-state index is 0.00435. The van der Waals surface area contributed by atoms with Crippen molar-refractivity contribution in [2.45, 2.75) is 6.42 Å². The summed E-state index contributed by atoms with van der Waals surface area (Å²) in [5.74, 6) is 0.180. The smallest absolute Gasteiger partial charge is 0.227 e. The number of alkyl halides is 1. The molecule has 0 saturated carbocycles. The Morgan fingerprint density at radius 2 is 2.25 bits per heavy atom. The molecule has 16 heavy (non-hydrogen) atoms. The second kappa shape index (κ2) is 4.51. The summed E-state index contributed by atoms with van der Waals surface area (Å²) < 4.78 is 12.2. The summed E-state index contributed by atoms with van der Waals surface area (Å²) in [6.45, 7) is 0.693. The summed E-state index contributed by atoms with van der Waals surface area (Å²) in [5, 5.41) is 9.24. The van der Waals surface area contributed by atoms with Gasteiger partial charge >= 0.3 is 0 Å². The number of hydrogen-bond donors (Lipinski definition) is 1. The number of benzene rings is 1. The van der Waals surface area contributed by atoms with Crippen molar-refractivity contribution in [2.75, 3.05) is 19.8 Å². The fraction of sp³-hybridized carbons (Fsp3) is 0.417. The molecule has 1 aromatic rings. The van der Waals surface area contributed by atoms with Crippen molar-refractivity contribution in [1.29, 1.82) is 0 Å². The standard InChI is InChI=1S/C12H14FNO2/c13-6-10-7-14(8-10)12(16)5-9-2-1-3-11(15)4-9/h1-4,10,15H,5-8H2. The third-order valence-electron chi connectivity index (χ3n) is 2.79. The predicted molar refractivity (Wildman–Crippen MR) is 57.9 cm³/mol. The number of carbonyl (C=O) groups excluding carboxylic acids is 1. The van der Waals surface area contributed by atoms with Gasteiger partial charge in [-0.1, -0.05) is 12.1 Å². The lowest BCUT2D eigenvalue weighted by molar-refractivity contribution is -0.137. The van der Waals surface area contributed by atoms with Crippen molar-refractivity contribution in [3.05, 3.63) is 29.8 Å². The number of phenolic OH excluding ortho intramolecular Hbond substituents is 1. The van der Waals surface area contributed by atoms with Crippen LogP contribution in [0.3, 0.4) is 0 Å². The Hall–Kier alpha value is -1.58. The maximum absolute atomic E-state index is 12.2. The van der Waals surface area contributed by atoms with Gasteiger partial charge in [0.15, 0.2) is 0 Å². The quantitative estimate of drug-likeness (QED) is 0.840. The second-order valence-electron chi connectivity index (χ2n) is 4.17. The molecule has 0 unspecified atom stereocenters. The van der Waals surface area contributed by atoms with Crippen LogP contribution in [0.4, 0.5) is 4.39 Å². The number of nitrogens with zero attached hydrogens (tertiary/aromatic N) is 1. The van der Waals surface area contributed by atoms with Crippen LogP contribution in [0, 0.1) is 5.92 Å². The molecule has 2 rings (SSSR count). The third kappa shape index (κ3) is 2.32. The number of halogens is 1. The molecule has 0 aliphatic carbocycles. The molecule has 1 saturated heterocycles. The van der Waals surface area contributed by atoms with E-state index < -0.39 is 0 Å². The van der Waals surface area contributed by atoms with E-state index in [9.17, 15) is 14.3 Å². The maximum Gasteiger partial charge on any atom is 0.227 e. The molecule has 1 amide bonds. The number of aromatic hydroxyl groups is 1. The van der Waals surface area contributed by atoms with E-state index in [1.54, 1.807) is 29.2 Å². The number of rotatable bonds is 3. The van der Waals surface area contributed by atoms with Crippen LogP contribution in [0.2, 0.25) is 0 Å². The topological polar surface area (TPSA) is 40.5 Å². The van der Waals surface area contributed by atoms with Crippen molar-refractivity contribution >= 4 is 5.91 Å². The fourth-order valence-electron chi connectivity index (χ4n) is 1.82. The molecule has 0 bridgehead atoms. The van der Waals surface area contributed by atoms with Crippen LogP contribution >= 0.6 is 0 Å². The number of carbonyl (C=O) groups is 1. The van der Waals surface area contributed by atoms with Crippen molar-refractivity contribution < 1.29 is 14.3 Å². The van der Waals surface area contributed by atoms with Crippen molar-refractivity contribution in [2.24, 2.45) is 5.92 Å². The van der Waals surface area contributed by atoms with Gasteiger partial charge in [0.1, 0.15) is 5.75 Å². The van der Waals surface area contributed by atoms with Gasteiger partial charge in [-0.2, -0.15) is 0 Å². The molecule has 86 valence electrons. The van der Waals surface area contributed by atoms with Crippen LogP contribution in [0.15, 0.2) is 24.3 Å². The minimum atomic E-state index is -0.351.